The number of anilines is 1. The first-order valence-electron chi connectivity index (χ1n) is 9.53. The quantitative estimate of drug-likeness (QED) is 0.486. The van der Waals surface area contributed by atoms with Gasteiger partial charge in [0.05, 0.1) is 30.4 Å². The second-order valence-electron chi connectivity index (χ2n) is 6.77. The van der Waals surface area contributed by atoms with Crippen LogP contribution in [-0.4, -0.2) is 32.0 Å². The number of carbonyl (C=O) groups excluding carboxylic acids is 3. The van der Waals surface area contributed by atoms with Crippen LogP contribution in [0.1, 0.15) is 41.5 Å². The van der Waals surface area contributed by atoms with E-state index in [1.165, 1.54) is 49.8 Å². The predicted molar refractivity (Wildman–Crippen MR) is 124 cm³/mol. The maximum Gasteiger partial charge on any atom is 0.337 e. The van der Waals surface area contributed by atoms with Crippen molar-refractivity contribution in [2.75, 3.05) is 19.5 Å². The SMILES string of the molecule is COC(=O)c1ccc(C(=O)Nc2sc(C)cc2C(=O)NCc2ccc(OC)c(Cl)c2)cc1. The maximum atomic E-state index is 12.8. The average Bonchev–Trinajstić information content (AvgIpc) is 3.17. The number of halogens is 1. The number of esters is 1. The van der Waals surface area contributed by atoms with Crippen molar-refractivity contribution in [1.29, 1.82) is 0 Å². The fraction of sp³-hybridized carbons (Fsp3) is 0.174. The molecular formula is C23H21ClN2O5S. The van der Waals surface area contributed by atoms with Gasteiger partial charge in [0, 0.05) is 17.0 Å². The summed E-state index contributed by atoms with van der Waals surface area (Å²) >= 11 is 7.43. The molecule has 2 amide bonds. The van der Waals surface area contributed by atoms with E-state index in [9.17, 15) is 14.4 Å². The second kappa shape index (κ2) is 10.3. The topological polar surface area (TPSA) is 93.7 Å². The Kier molecular flexibility index (Phi) is 7.50. The highest BCUT2D eigenvalue weighted by atomic mass is 35.5. The number of benzene rings is 2. The lowest BCUT2D eigenvalue weighted by atomic mass is 10.1. The van der Waals surface area contributed by atoms with Crippen LogP contribution >= 0.6 is 22.9 Å². The monoisotopic (exact) mass is 472 g/mol. The maximum absolute atomic E-state index is 12.8. The van der Waals surface area contributed by atoms with Crippen molar-refractivity contribution in [2.24, 2.45) is 0 Å². The standard InChI is InChI=1S/C23H21ClN2O5S/c1-13-10-17(21(28)25-12-14-4-9-19(30-2)18(24)11-14)22(32-13)26-20(27)15-5-7-16(8-6-15)23(29)31-3/h4-11H,12H2,1-3H3,(H,25,28)(H,26,27). The Hall–Kier alpha value is -3.36. The molecule has 32 heavy (non-hydrogen) atoms. The third-order valence-corrected chi connectivity index (χ3v) is 5.83. The van der Waals surface area contributed by atoms with Crippen LogP contribution in [0.4, 0.5) is 5.00 Å². The van der Waals surface area contributed by atoms with Crippen molar-refractivity contribution >= 4 is 45.7 Å². The Bertz CT molecular complexity index is 1160. The van der Waals surface area contributed by atoms with Crippen LogP contribution in [0.2, 0.25) is 5.02 Å². The fourth-order valence-corrected chi connectivity index (χ4v) is 4.11. The Morgan fingerprint density at radius 1 is 0.969 bits per heavy atom. The number of amides is 2. The Morgan fingerprint density at radius 3 is 2.28 bits per heavy atom. The number of hydrogen-bond donors (Lipinski definition) is 2. The molecule has 0 aliphatic rings. The molecule has 0 unspecified atom stereocenters. The minimum Gasteiger partial charge on any atom is -0.495 e. The highest BCUT2D eigenvalue weighted by Crippen LogP contribution is 2.29. The molecule has 0 aliphatic heterocycles. The van der Waals surface area contributed by atoms with E-state index in [1.807, 2.05) is 13.0 Å². The van der Waals surface area contributed by atoms with Crippen LogP contribution in [0.25, 0.3) is 0 Å². The van der Waals surface area contributed by atoms with E-state index < -0.39 is 5.97 Å². The van der Waals surface area contributed by atoms with Gasteiger partial charge in [0.15, 0.2) is 0 Å². The number of ether oxygens (including phenoxy) is 2. The van der Waals surface area contributed by atoms with E-state index in [0.29, 0.717) is 32.5 Å². The molecule has 0 saturated heterocycles. The zero-order valence-electron chi connectivity index (χ0n) is 17.7. The van der Waals surface area contributed by atoms with E-state index >= 15 is 0 Å². The predicted octanol–water partition coefficient (Wildman–Crippen LogP) is 4.69. The molecule has 3 rings (SSSR count). The van der Waals surface area contributed by atoms with E-state index in [2.05, 4.69) is 15.4 Å². The number of aryl methyl sites for hydroxylation is 1. The summed E-state index contributed by atoms with van der Waals surface area (Å²) in [6, 6.07) is 13.0. The van der Waals surface area contributed by atoms with Crippen LogP contribution in [0.5, 0.6) is 5.75 Å². The molecule has 3 aromatic rings. The Balaban J connectivity index is 1.69. The van der Waals surface area contributed by atoms with Crippen molar-refractivity contribution in [3.63, 3.8) is 0 Å². The second-order valence-corrected chi connectivity index (χ2v) is 8.44. The van der Waals surface area contributed by atoms with Gasteiger partial charge in [-0.15, -0.1) is 11.3 Å². The summed E-state index contributed by atoms with van der Waals surface area (Å²) < 4.78 is 9.78. The number of rotatable bonds is 7. The molecule has 0 radical (unpaired) electrons. The molecule has 0 saturated carbocycles. The van der Waals surface area contributed by atoms with Crippen molar-refractivity contribution in [2.45, 2.75) is 13.5 Å². The summed E-state index contributed by atoms with van der Waals surface area (Å²) in [6.45, 7) is 2.12. The minimum atomic E-state index is -0.483. The van der Waals surface area contributed by atoms with Gasteiger partial charge in [-0.25, -0.2) is 4.79 Å². The number of hydrogen-bond acceptors (Lipinski definition) is 6. The molecule has 0 fully saturated rings. The normalized spacial score (nSPS) is 10.4. The summed E-state index contributed by atoms with van der Waals surface area (Å²) in [5.74, 6) is -0.639. The lowest BCUT2D eigenvalue weighted by molar-refractivity contribution is 0.0600. The average molecular weight is 473 g/mol. The van der Waals surface area contributed by atoms with Crippen molar-refractivity contribution in [3.8, 4) is 5.75 Å². The first-order chi connectivity index (χ1) is 15.3. The smallest absolute Gasteiger partial charge is 0.337 e. The highest BCUT2D eigenvalue weighted by molar-refractivity contribution is 7.16. The van der Waals surface area contributed by atoms with Crippen molar-refractivity contribution in [1.82, 2.24) is 5.32 Å². The zero-order chi connectivity index (χ0) is 23.3. The first kappa shape index (κ1) is 23.3. The largest absolute Gasteiger partial charge is 0.495 e. The molecule has 7 nitrogen and oxygen atoms in total. The van der Waals surface area contributed by atoms with Gasteiger partial charge in [0.25, 0.3) is 11.8 Å². The molecule has 1 aromatic heterocycles. The lowest BCUT2D eigenvalue weighted by Gasteiger charge is -2.09. The number of thiophene rings is 1. The molecule has 9 heteroatoms. The van der Waals surface area contributed by atoms with Gasteiger partial charge in [0.1, 0.15) is 10.8 Å². The summed E-state index contributed by atoms with van der Waals surface area (Å²) in [6.07, 6.45) is 0. The molecule has 1 heterocycles. The number of methoxy groups -OCH3 is 2. The number of nitrogens with one attached hydrogen (secondary N) is 2. The van der Waals surface area contributed by atoms with Crippen molar-refractivity contribution in [3.05, 3.63) is 80.7 Å². The summed E-state index contributed by atoms with van der Waals surface area (Å²) in [5, 5.41) is 6.51. The third kappa shape index (κ3) is 5.46. The van der Waals surface area contributed by atoms with Crippen LogP contribution in [-0.2, 0) is 11.3 Å². The highest BCUT2D eigenvalue weighted by Gasteiger charge is 2.18. The van der Waals surface area contributed by atoms with E-state index in [-0.39, 0.29) is 18.4 Å². The summed E-state index contributed by atoms with van der Waals surface area (Å²) in [5.41, 5.74) is 1.87. The van der Waals surface area contributed by atoms with Gasteiger partial charge in [-0.2, -0.15) is 0 Å². The van der Waals surface area contributed by atoms with Gasteiger partial charge in [-0.05, 0) is 55.0 Å². The molecule has 166 valence electrons. The molecular weight excluding hydrogens is 452 g/mol. The van der Waals surface area contributed by atoms with Gasteiger partial charge in [0.2, 0.25) is 0 Å². The zero-order valence-corrected chi connectivity index (χ0v) is 19.2. The Labute approximate surface area is 194 Å². The molecule has 0 bridgehead atoms. The summed E-state index contributed by atoms with van der Waals surface area (Å²) in [4.78, 5) is 37.8. The van der Waals surface area contributed by atoms with Crippen LogP contribution in [0, 0.1) is 6.92 Å². The van der Waals surface area contributed by atoms with Gasteiger partial charge >= 0.3 is 5.97 Å². The number of carbonyl (C=O) groups is 3. The minimum absolute atomic E-state index is 0.264. The van der Waals surface area contributed by atoms with Gasteiger partial charge < -0.3 is 20.1 Å². The van der Waals surface area contributed by atoms with E-state index in [4.69, 9.17) is 16.3 Å². The fourth-order valence-electron chi connectivity index (χ4n) is 2.92. The lowest BCUT2D eigenvalue weighted by Crippen LogP contribution is -2.24. The molecule has 0 atom stereocenters. The van der Waals surface area contributed by atoms with Crippen LogP contribution in [0.3, 0.4) is 0 Å². The first-order valence-corrected chi connectivity index (χ1v) is 10.7. The summed E-state index contributed by atoms with van der Waals surface area (Å²) in [7, 11) is 2.82. The third-order valence-electron chi connectivity index (χ3n) is 4.56. The van der Waals surface area contributed by atoms with Crippen LogP contribution < -0.4 is 15.4 Å². The van der Waals surface area contributed by atoms with Gasteiger partial charge in [-0.1, -0.05) is 17.7 Å². The molecule has 2 N–H and O–H groups in total. The molecule has 0 aliphatic carbocycles. The molecule has 2 aromatic carbocycles. The van der Waals surface area contributed by atoms with E-state index in [0.717, 1.165) is 10.4 Å². The van der Waals surface area contributed by atoms with Crippen molar-refractivity contribution < 1.29 is 23.9 Å². The van der Waals surface area contributed by atoms with Crippen LogP contribution in [0.15, 0.2) is 48.5 Å². The molecule has 0 spiro atoms. The Morgan fingerprint density at radius 2 is 1.66 bits per heavy atom. The van der Waals surface area contributed by atoms with E-state index in [1.54, 1.807) is 18.2 Å². The van der Waals surface area contributed by atoms with Gasteiger partial charge in [-0.3, -0.25) is 9.59 Å².